The third-order valence-corrected chi connectivity index (χ3v) is 2.80. The first kappa shape index (κ1) is 11.4. The van der Waals surface area contributed by atoms with Crippen LogP contribution in [0.3, 0.4) is 0 Å². The van der Waals surface area contributed by atoms with E-state index < -0.39 is 0 Å². The molecule has 0 fully saturated rings. The van der Waals surface area contributed by atoms with Crippen molar-refractivity contribution < 1.29 is 4.79 Å². The number of rotatable bonds is 3. The highest BCUT2D eigenvalue weighted by molar-refractivity contribution is 5.77. The third kappa shape index (κ3) is 2.53. The van der Waals surface area contributed by atoms with Crippen LogP contribution in [0, 0.1) is 0 Å². The number of nitrogens with two attached hydrogens (primary N) is 1. The first-order chi connectivity index (χ1) is 8.22. The monoisotopic (exact) mass is 225 g/mol. The van der Waals surface area contributed by atoms with Crippen molar-refractivity contribution in [2.45, 2.75) is 13.3 Å². The molecule has 2 rings (SSSR count). The number of aldehydes is 1. The van der Waals surface area contributed by atoms with E-state index in [1.54, 1.807) is 0 Å². The van der Waals surface area contributed by atoms with Crippen LogP contribution in [0.5, 0.6) is 0 Å². The highest BCUT2D eigenvalue weighted by Gasteiger charge is 2.01. The number of carbonyl (C=O) groups is 1. The largest absolute Gasteiger partial charge is 0.399 e. The van der Waals surface area contributed by atoms with Gasteiger partial charge in [-0.15, -0.1) is 0 Å². The van der Waals surface area contributed by atoms with E-state index in [2.05, 4.69) is 13.0 Å². The Bertz CT molecular complexity index is 529. The van der Waals surface area contributed by atoms with Gasteiger partial charge in [0.15, 0.2) is 0 Å². The molecule has 0 aliphatic carbocycles. The van der Waals surface area contributed by atoms with Crippen LogP contribution >= 0.6 is 0 Å². The van der Waals surface area contributed by atoms with Gasteiger partial charge in [0.05, 0.1) is 0 Å². The van der Waals surface area contributed by atoms with Gasteiger partial charge in [-0.05, 0) is 35.2 Å². The zero-order chi connectivity index (χ0) is 12.3. The molecule has 0 aliphatic heterocycles. The number of hydrogen-bond acceptors (Lipinski definition) is 2. The first-order valence-corrected chi connectivity index (χ1v) is 5.68. The predicted molar refractivity (Wildman–Crippen MR) is 71.1 cm³/mol. The lowest BCUT2D eigenvalue weighted by molar-refractivity contribution is 0.112. The average molecular weight is 225 g/mol. The molecule has 0 aromatic heterocycles. The SMILES string of the molecule is CCc1cc(N)cc(-c2ccc(C=O)cc2)c1. The summed E-state index contributed by atoms with van der Waals surface area (Å²) in [5.74, 6) is 0. The van der Waals surface area contributed by atoms with Crippen molar-refractivity contribution in [3.8, 4) is 11.1 Å². The lowest BCUT2D eigenvalue weighted by atomic mass is 10.0. The summed E-state index contributed by atoms with van der Waals surface area (Å²) in [5.41, 5.74) is 10.7. The van der Waals surface area contributed by atoms with Gasteiger partial charge in [0.25, 0.3) is 0 Å². The van der Waals surface area contributed by atoms with Crippen molar-refractivity contribution in [1.82, 2.24) is 0 Å². The molecule has 0 aliphatic rings. The molecule has 0 saturated heterocycles. The summed E-state index contributed by atoms with van der Waals surface area (Å²) in [4.78, 5) is 10.6. The van der Waals surface area contributed by atoms with Gasteiger partial charge in [0, 0.05) is 11.3 Å². The lowest BCUT2D eigenvalue weighted by Crippen LogP contribution is -1.90. The number of nitrogen functional groups attached to an aromatic ring is 1. The van der Waals surface area contributed by atoms with Gasteiger partial charge in [-0.3, -0.25) is 4.79 Å². The summed E-state index contributed by atoms with van der Waals surface area (Å²) < 4.78 is 0. The number of benzene rings is 2. The standard InChI is InChI=1S/C15H15NO/c1-2-11-7-14(9-15(16)8-11)13-5-3-12(10-17)4-6-13/h3-10H,2,16H2,1H3. The van der Waals surface area contributed by atoms with Crippen LogP contribution in [-0.2, 0) is 6.42 Å². The summed E-state index contributed by atoms with van der Waals surface area (Å²) in [5, 5.41) is 0. The molecule has 2 N–H and O–H groups in total. The maximum absolute atomic E-state index is 10.6. The minimum Gasteiger partial charge on any atom is -0.399 e. The second-order valence-corrected chi connectivity index (χ2v) is 4.06. The van der Waals surface area contributed by atoms with Crippen LogP contribution in [0.2, 0.25) is 0 Å². The smallest absolute Gasteiger partial charge is 0.150 e. The van der Waals surface area contributed by atoms with Crippen molar-refractivity contribution in [1.29, 1.82) is 0 Å². The number of hydrogen-bond donors (Lipinski definition) is 1. The van der Waals surface area contributed by atoms with Crippen LogP contribution in [0.15, 0.2) is 42.5 Å². The second-order valence-electron chi connectivity index (χ2n) is 4.06. The second kappa shape index (κ2) is 4.83. The topological polar surface area (TPSA) is 43.1 Å². The van der Waals surface area contributed by atoms with E-state index in [4.69, 9.17) is 5.73 Å². The van der Waals surface area contributed by atoms with E-state index >= 15 is 0 Å². The molecule has 0 spiro atoms. The van der Waals surface area contributed by atoms with E-state index in [1.165, 1.54) is 5.56 Å². The Kier molecular flexibility index (Phi) is 3.24. The molecule has 2 aromatic rings. The Hall–Kier alpha value is -2.09. The van der Waals surface area contributed by atoms with E-state index in [0.717, 1.165) is 29.5 Å². The summed E-state index contributed by atoms with van der Waals surface area (Å²) in [6, 6.07) is 13.6. The van der Waals surface area contributed by atoms with Gasteiger partial charge in [0.1, 0.15) is 6.29 Å². The molecule has 0 atom stereocenters. The molecule has 86 valence electrons. The molecule has 0 radical (unpaired) electrons. The molecule has 2 nitrogen and oxygen atoms in total. The van der Waals surface area contributed by atoms with Crippen molar-refractivity contribution in [3.05, 3.63) is 53.6 Å². The van der Waals surface area contributed by atoms with E-state index in [0.29, 0.717) is 5.56 Å². The fraction of sp³-hybridized carbons (Fsp3) is 0.133. The summed E-state index contributed by atoms with van der Waals surface area (Å²) in [7, 11) is 0. The van der Waals surface area contributed by atoms with E-state index in [-0.39, 0.29) is 0 Å². The lowest BCUT2D eigenvalue weighted by Gasteiger charge is -2.06. The molecule has 2 heteroatoms. The molecule has 0 saturated carbocycles. The van der Waals surface area contributed by atoms with Crippen LogP contribution in [-0.4, -0.2) is 6.29 Å². The van der Waals surface area contributed by atoms with Crippen LogP contribution < -0.4 is 5.73 Å². The highest BCUT2D eigenvalue weighted by atomic mass is 16.1. The average Bonchev–Trinajstić information content (AvgIpc) is 2.38. The predicted octanol–water partition coefficient (Wildman–Crippen LogP) is 3.31. The Morgan fingerprint density at radius 3 is 2.35 bits per heavy atom. The molecular formula is C15H15NO. The number of aryl methyl sites for hydroxylation is 1. The van der Waals surface area contributed by atoms with Crippen LogP contribution in [0.4, 0.5) is 5.69 Å². The summed E-state index contributed by atoms with van der Waals surface area (Å²) in [6.45, 7) is 2.11. The fourth-order valence-electron chi connectivity index (χ4n) is 1.84. The van der Waals surface area contributed by atoms with Crippen LogP contribution in [0.1, 0.15) is 22.8 Å². The van der Waals surface area contributed by atoms with E-state index in [1.807, 2.05) is 36.4 Å². The highest BCUT2D eigenvalue weighted by Crippen LogP contribution is 2.24. The van der Waals surface area contributed by atoms with Gasteiger partial charge in [0.2, 0.25) is 0 Å². The van der Waals surface area contributed by atoms with Crippen molar-refractivity contribution >= 4 is 12.0 Å². The minimum atomic E-state index is 0.688. The zero-order valence-corrected chi connectivity index (χ0v) is 9.81. The van der Waals surface area contributed by atoms with Gasteiger partial charge >= 0.3 is 0 Å². The quantitative estimate of drug-likeness (QED) is 0.643. The molecular weight excluding hydrogens is 210 g/mol. The van der Waals surface area contributed by atoms with Gasteiger partial charge in [-0.2, -0.15) is 0 Å². The van der Waals surface area contributed by atoms with Crippen LogP contribution in [0.25, 0.3) is 11.1 Å². The summed E-state index contributed by atoms with van der Waals surface area (Å²) >= 11 is 0. The Morgan fingerprint density at radius 1 is 1.06 bits per heavy atom. The molecule has 2 aromatic carbocycles. The number of carbonyl (C=O) groups excluding carboxylic acids is 1. The molecule has 0 amide bonds. The van der Waals surface area contributed by atoms with Gasteiger partial charge < -0.3 is 5.73 Å². The van der Waals surface area contributed by atoms with Gasteiger partial charge in [-0.25, -0.2) is 0 Å². The minimum absolute atomic E-state index is 0.688. The summed E-state index contributed by atoms with van der Waals surface area (Å²) in [6.07, 6.45) is 1.81. The zero-order valence-electron chi connectivity index (χ0n) is 9.81. The Morgan fingerprint density at radius 2 is 1.76 bits per heavy atom. The number of anilines is 1. The van der Waals surface area contributed by atoms with Crippen molar-refractivity contribution in [2.24, 2.45) is 0 Å². The van der Waals surface area contributed by atoms with Crippen molar-refractivity contribution in [3.63, 3.8) is 0 Å². The van der Waals surface area contributed by atoms with Gasteiger partial charge in [-0.1, -0.05) is 37.3 Å². The molecule has 0 bridgehead atoms. The maximum atomic E-state index is 10.6. The normalized spacial score (nSPS) is 10.2. The maximum Gasteiger partial charge on any atom is 0.150 e. The first-order valence-electron chi connectivity index (χ1n) is 5.68. The Balaban J connectivity index is 2.44. The molecule has 17 heavy (non-hydrogen) atoms. The molecule has 0 unspecified atom stereocenters. The molecule has 0 heterocycles. The van der Waals surface area contributed by atoms with Crippen molar-refractivity contribution in [2.75, 3.05) is 5.73 Å². The Labute approximate surface area is 101 Å². The van der Waals surface area contributed by atoms with E-state index in [9.17, 15) is 4.79 Å². The third-order valence-electron chi connectivity index (χ3n) is 2.80. The fourth-order valence-corrected chi connectivity index (χ4v) is 1.84.